The Hall–Kier alpha value is -2.26. The summed E-state index contributed by atoms with van der Waals surface area (Å²) in [6.07, 6.45) is 1.28. The van der Waals surface area contributed by atoms with Crippen molar-refractivity contribution in [1.82, 2.24) is 9.47 Å². The maximum absolute atomic E-state index is 15.0. The van der Waals surface area contributed by atoms with Gasteiger partial charge in [-0.15, -0.1) is 0 Å². The summed E-state index contributed by atoms with van der Waals surface area (Å²) >= 11 is 0. The highest BCUT2D eigenvalue weighted by Crippen LogP contribution is 2.36. The molecule has 2 aliphatic heterocycles. The molecule has 1 aromatic carbocycles. The lowest BCUT2D eigenvalue weighted by Gasteiger charge is -2.36. The smallest absolute Gasteiger partial charge is 0.341 e. The number of piperazine rings is 1. The zero-order valence-corrected chi connectivity index (χ0v) is 15.0. The summed E-state index contributed by atoms with van der Waals surface area (Å²) in [5.74, 6) is -1.72. The lowest BCUT2D eigenvalue weighted by molar-refractivity contribution is 0.0695. The summed E-state index contributed by atoms with van der Waals surface area (Å²) in [7, 11) is 0.539. The van der Waals surface area contributed by atoms with Crippen LogP contribution in [0.4, 0.5) is 10.1 Å². The number of carboxylic acids is 1. The normalized spacial score (nSPS) is 20.5. The molecule has 0 spiro atoms. The minimum absolute atomic E-state index is 0.0247. The lowest BCUT2D eigenvalue weighted by Crippen LogP contribution is -2.45. The number of aromatic carboxylic acids is 1. The molecule has 1 fully saturated rings. The van der Waals surface area contributed by atoms with E-state index in [1.165, 1.54) is 6.20 Å². The fourth-order valence-electron chi connectivity index (χ4n) is 3.64. The van der Waals surface area contributed by atoms with Crippen molar-refractivity contribution in [1.29, 1.82) is 0 Å². The predicted octanol–water partition coefficient (Wildman–Crippen LogP) is 0.712. The fraction of sp³-hybridized carbons (Fsp3) is 0.412. The van der Waals surface area contributed by atoms with E-state index in [-0.39, 0.29) is 16.8 Å². The van der Waals surface area contributed by atoms with Crippen molar-refractivity contribution in [3.63, 3.8) is 0 Å². The van der Waals surface area contributed by atoms with Crippen LogP contribution in [-0.4, -0.2) is 63.7 Å². The standard InChI is InChI=1S/C17H18FN3O4S/c1-19-2-4-20(5-3-19)14-12(18)8-10-13-16(14)26(25)7-6-21(13)9-11(15(10)22)17(23)24/h8-9H,2-7H2,1H3,(H,23,24). The second kappa shape index (κ2) is 6.17. The monoisotopic (exact) mass is 379 g/mol. The number of hydrogen-bond acceptors (Lipinski definition) is 5. The van der Waals surface area contributed by atoms with Gasteiger partial charge >= 0.3 is 5.97 Å². The van der Waals surface area contributed by atoms with Crippen LogP contribution in [0.3, 0.4) is 0 Å². The fourth-order valence-corrected chi connectivity index (χ4v) is 5.09. The van der Waals surface area contributed by atoms with Gasteiger partial charge in [0.05, 0.1) is 32.3 Å². The molecule has 1 aromatic heterocycles. The number of carbonyl (C=O) groups is 1. The summed E-state index contributed by atoms with van der Waals surface area (Å²) < 4.78 is 29.4. The molecular formula is C17H18FN3O4S. The molecule has 2 aromatic rings. The molecule has 1 unspecified atom stereocenters. The van der Waals surface area contributed by atoms with Crippen molar-refractivity contribution in [3.05, 3.63) is 33.9 Å². The van der Waals surface area contributed by atoms with Gasteiger partial charge in [0.15, 0.2) is 0 Å². The molecule has 1 saturated heterocycles. The van der Waals surface area contributed by atoms with Crippen LogP contribution in [-0.2, 0) is 17.3 Å². The summed E-state index contributed by atoms with van der Waals surface area (Å²) in [5, 5.41) is 9.23. The van der Waals surface area contributed by atoms with Gasteiger partial charge in [0, 0.05) is 44.7 Å². The second-order valence-corrected chi connectivity index (χ2v) is 8.15. The van der Waals surface area contributed by atoms with E-state index in [4.69, 9.17) is 0 Å². The number of halogens is 1. The average molecular weight is 379 g/mol. The third-order valence-electron chi connectivity index (χ3n) is 5.04. The van der Waals surface area contributed by atoms with Crippen LogP contribution in [0.15, 0.2) is 22.0 Å². The number of anilines is 1. The number of aromatic nitrogens is 1. The Balaban J connectivity index is 2.03. The van der Waals surface area contributed by atoms with Crippen LogP contribution in [0, 0.1) is 5.82 Å². The van der Waals surface area contributed by atoms with Crippen molar-refractivity contribution in [2.24, 2.45) is 0 Å². The van der Waals surface area contributed by atoms with E-state index in [0.717, 1.165) is 19.2 Å². The first-order valence-electron chi connectivity index (χ1n) is 8.33. The minimum atomic E-state index is -1.45. The molecule has 26 heavy (non-hydrogen) atoms. The third-order valence-corrected chi connectivity index (χ3v) is 6.43. The number of aryl methyl sites for hydroxylation is 1. The first-order chi connectivity index (χ1) is 12.4. The van der Waals surface area contributed by atoms with E-state index in [0.29, 0.717) is 30.0 Å². The molecule has 9 heteroatoms. The van der Waals surface area contributed by atoms with Crippen LogP contribution >= 0.6 is 0 Å². The Kier molecular flexibility index (Phi) is 4.07. The average Bonchev–Trinajstić information content (AvgIpc) is 2.60. The van der Waals surface area contributed by atoms with Crippen LogP contribution in [0.2, 0.25) is 0 Å². The summed E-state index contributed by atoms with van der Waals surface area (Å²) in [4.78, 5) is 28.2. The number of hydrogen-bond donors (Lipinski definition) is 1. The van der Waals surface area contributed by atoms with Crippen LogP contribution in [0.25, 0.3) is 10.9 Å². The summed E-state index contributed by atoms with van der Waals surface area (Å²) in [6, 6.07) is 1.10. The van der Waals surface area contributed by atoms with Crippen LogP contribution in [0.5, 0.6) is 0 Å². The number of benzene rings is 1. The largest absolute Gasteiger partial charge is 0.477 e. The van der Waals surface area contributed by atoms with Gasteiger partial charge in [-0.05, 0) is 13.1 Å². The molecule has 0 aliphatic carbocycles. The van der Waals surface area contributed by atoms with E-state index in [2.05, 4.69) is 4.90 Å². The van der Waals surface area contributed by atoms with Gasteiger partial charge in [0.25, 0.3) is 0 Å². The molecule has 2 aliphatic rings. The molecule has 3 heterocycles. The molecule has 4 rings (SSSR count). The molecule has 1 atom stereocenters. The van der Waals surface area contributed by atoms with Gasteiger partial charge in [0.2, 0.25) is 5.43 Å². The van der Waals surface area contributed by atoms with Crippen LogP contribution in [0.1, 0.15) is 10.4 Å². The van der Waals surface area contributed by atoms with Gasteiger partial charge in [-0.3, -0.25) is 9.00 Å². The Morgan fingerprint density at radius 3 is 2.58 bits per heavy atom. The van der Waals surface area contributed by atoms with E-state index in [1.54, 1.807) is 4.57 Å². The third kappa shape index (κ3) is 2.53. The second-order valence-electron chi connectivity index (χ2n) is 6.64. The van der Waals surface area contributed by atoms with Crippen molar-refractivity contribution in [3.8, 4) is 0 Å². The molecule has 0 amide bonds. The molecule has 0 bridgehead atoms. The maximum atomic E-state index is 15.0. The van der Waals surface area contributed by atoms with Crippen molar-refractivity contribution >= 4 is 33.4 Å². The molecule has 138 valence electrons. The predicted molar refractivity (Wildman–Crippen MR) is 96.1 cm³/mol. The zero-order valence-electron chi connectivity index (χ0n) is 14.2. The van der Waals surface area contributed by atoms with E-state index < -0.39 is 33.6 Å². The van der Waals surface area contributed by atoms with Crippen molar-refractivity contribution in [2.45, 2.75) is 11.4 Å². The molecule has 0 radical (unpaired) electrons. The molecule has 0 saturated carbocycles. The van der Waals surface area contributed by atoms with Gasteiger partial charge in [-0.2, -0.15) is 0 Å². The number of pyridine rings is 1. The number of likely N-dealkylation sites (N-methyl/N-ethyl adjacent to an activating group) is 1. The number of carboxylic acid groups (broad SMARTS) is 1. The van der Waals surface area contributed by atoms with Gasteiger partial charge in [-0.1, -0.05) is 0 Å². The van der Waals surface area contributed by atoms with Gasteiger partial charge in [0.1, 0.15) is 11.4 Å². The molecule has 7 nitrogen and oxygen atoms in total. The van der Waals surface area contributed by atoms with Crippen molar-refractivity contribution in [2.75, 3.05) is 43.9 Å². The molecule has 1 N–H and O–H groups in total. The molecular weight excluding hydrogens is 361 g/mol. The minimum Gasteiger partial charge on any atom is -0.477 e. The topological polar surface area (TPSA) is 82.8 Å². The van der Waals surface area contributed by atoms with E-state index in [1.807, 2.05) is 11.9 Å². The maximum Gasteiger partial charge on any atom is 0.341 e. The Labute approximate surface area is 151 Å². The number of rotatable bonds is 2. The van der Waals surface area contributed by atoms with Gasteiger partial charge in [-0.25, -0.2) is 9.18 Å². The highest BCUT2D eigenvalue weighted by Gasteiger charge is 2.30. The van der Waals surface area contributed by atoms with E-state index in [9.17, 15) is 18.9 Å². The SMILES string of the molecule is CN1CCN(c2c(F)cc3c(=O)c(C(=O)O)cn4c3c2S(=O)CC4)CC1. The van der Waals surface area contributed by atoms with E-state index >= 15 is 4.39 Å². The Morgan fingerprint density at radius 2 is 1.92 bits per heavy atom. The Bertz CT molecular complexity index is 1010. The summed E-state index contributed by atoms with van der Waals surface area (Å²) in [5.41, 5.74) is -0.477. The number of nitrogens with zero attached hydrogens (tertiary/aromatic N) is 3. The first-order valence-corrected chi connectivity index (χ1v) is 9.65. The first kappa shape index (κ1) is 17.2. The highest BCUT2D eigenvalue weighted by molar-refractivity contribution is 7.85. The van der Waals surface area contributed by atoms with Crippen LogP contribution < -0.4 is 10.3 Å². The summed E-state index contributed by atoms with van der Waals surface area (Å²) in [6.45, 7) is 3.04. The Morgan fingerprint density at radius 1 is 1.23 bits per heavy atom. The van der Waals surface area contributed by atoms with Crippen molar-refractivity contribution < 1.29 is 18.5 Å². The lowest BCUT2D eigenvalue weighted by atomic mass is 10.1. The van der Waals surface area contributed by atoms with Gasteiger partial charge < -0.3 is 19.5 Å². The highest BCUT2D eigenvalue weighted by atomic mass is 32.2. The zero-order chi connectivity index (χ0) is 18.6. The quantitative estimate of drug-likeness (QED) is 0.828.